The van der Waals surface area contributed by atoms with Crippen LogP contribution in [-0.2, 0) is 16.1 Å². The lowest BCUT2D eigenvalue weighted by Gasteiger charge is -2.13. The Morgan fingerprint density at radius 2 is 2.25 bits per heavy atom. The minimum absolute atomic E-state index is 0.150. The summed E-state index contributed by atoms with van der Waals surface area (Å²) in [5, 5.41) is 11.7. The van der Waals surface area contributed by atoms with Gasteiger partial charge in [0.1, 0.15) is 5.69 Å². The van der Waals surface area contributed by atoms with Crippen molar-refractivity contribution in [1.29, 1.82) is 0 Å². The van der Waals surface area contributed by atoms with E-state index in [1.54, 1.807) is 30.0 Å². The Labute approximate surface area is 118 Å². The van der Waals surface area contributed by atoms with Crippen LogP contribution in [0.2, 0.25) is 0 Å². The van der Waals surface area contributed by atoms with Gasteiger partial charge in [-0.15, -0.1) is 0 Å². The zero-order valence-corrected chi connectivity index (χ0v) is 12.0. The second kappa shape index (κ2) is 8.37. The topological polar surface area (TPSA) is 80.6 Å². The van der Waals surface area contributed by atoms with Gasteiger partial charge in [0, 0.05) is 26.4 Å². The number of carboxylic acid groups (broad SMARTS) is 1. The number of rotatable bonds is 9. The maximum absolute atomic E-state index is 12.1. The summed E-state index contributed by atoms with van der Waals surface area (Å²) in [6, 6.07) is 3.49. The van der Waals surface area contributed by atoms with Crippen LogP contribution in [0.3, 0.4) is 0 Å². The third-order valence-electron chi connectivity index (χ3n) is 3.09. The molecule has 6 nitrogen and oxygen atoms in total. The summed E-state index contributed by atoms with van der Waals surface area (Å²) in [6.07, 6.45) is 3.13. The highest BCUT2D eigenvalue weighted by molar-refractivity contribution is 5.93. The number of methoxy groups -OCH3 is 1. The highest BCUT2D eigenvalue weighted by atomic mass is 16.5. The molecule has 0 aliphatic heterocycles. The fourth-order valence-corrected chi connectivity index (χ4v) is 1.97. The average molecular weight is 282 g/mol. The number of carboxylic acids is 1. The molecule has 2 N–H and O–H groups in total. The first-order valence-electron chi connectivity index (χ1n) is 6.75. The maximum Gasteiger partial charge on any atom is 0.308 e. The summed E-state index contributed by atoms with van der Waals surface area (Å²) in [7, 11) is 1.60. The normalized spacial score (nSPS) is 12.1. The van der Waals surface area contributed by atoms with E-state index in [4.69, 9.17) is 9.84 Å². The number of carbonyl (C=O) groups is 2. The molecule has 1 atom stereocenters. The Balaban J connectivity index is 2.58. The molecule has 0 aliphatic carbocycles. The van der Waals surface area contributed by atoms with Crippen LogP contribution in [0, 0.1) is 5.92 Å². The summed E-state index contributed by atoms with van der Waals surface area (Å²) < 4.78 is 6.77. The first-order chi connectivity index (χ1) is 9.60. The fraction of sp³-hybridized carbons (Fsp3) is 0.571. The zero-order valence-electron chi connectivity index (χ0n) is 12.0. The van der Waals surface area contributed by atoms with Crippen molar-refractivity contribution < 1.29 is 19.4 Å². The number of ether oxygens (including phenoxy) is 1. The molecule has 0 radical (unpaired) electrons. The summed E-state index contributed by atoms with van der Waals surface area (Å²) in [5.74, 6) is -1.67. The lowest BCUT2D eigenvalue weighted by Crippen LogP contribution is -2.34. The van der Waals surface area contributed by atoms with Gasteiger partial charge in [0.25, 0.3) is 5.91 Å². The standard InChI is InChI=1S/C14H22N2O4/c1-3-5-11(14(18)19)10-15-13(17)12-6-4-7-16(12)8-9-20-2/h4,6-7,11H,3,5,8-10H2,1-2H3,(H,15,17)(H,18,19). The van der Waals surface area contributed by atoms with Crippen LogP contribution in [0.1, 0.15) is 30.3 Å². The zero-order chi connectivity index (χ0) is 15.0. The minimum Gasteiger partial charge on any atom is -0.481 e. The largest absolute Gasteiger partial charge is 0.481 e. The Bertz CT molecular complexity index is 442. The second-order valence-corrected chi connectivity index (χ2v) is 4.61. The molecule has 1 unspecified atom stereocenters. The minimum atomic E-state index is -0.873. The molecule has 20 heavy (non-hydrogen) atoms. The maximum atomic E-state index is 12.1. The Hall–Kier alpha value is -1.82. The molecule has 0 spiro atoms. The molecule has 112 valence electrons. The Morgan fingerprint density at radius 1 is 1.50 bits per heavy atom. The van der Waals surface area contributed by atoms with E-state index in [9.17, 15) is 9.59 Å². The quantitative estimate of drug-likeness (QED) is 0.716. The predicted molar refractivity (Wildman–Crippen MR) is 74.7 cm³/mol. The monoisotopic (exact) mass is 282 g/mol. The van der Waals surface area contributed by atoms with E-state index in [-0.39, 0.29) is 12.5 Å². The molecule has 1 aromatic rings. The first kappa shape index (κ1) is 16.2. The highest BCUT2D eigenvalue weighted by Crippen LogP contribution is 2.07. The smallest absolute Gasteiger partial charge is 0.308 e. The molecule has 6 heteroatoms. The van der Waals surface area contributed by atoms with Crippen molar-refractivity contribution in [3.05, 3.63) is 24.0 Å². The van der Waals surface area contributed by atoms with Crippen LogP contribution < -0.4 is 5.32 Å². The fourth-order valence-electron chi connectivity index (χ4n) is 1.97. The van der Waals surface area contributed by atoms with Crippen LogP contribution in [0.4, 0.5) is 0 Å². The molecule has 0 saturated heterocycles. The Kier molecular flexibility index (Phi) is 6.79. The van der Waals surface area contributed by atoms with Gasteiger partial charge in [-0.2, -0.15) is 0 Å². The van der Waals surface area contributed by atoms with Crippen LogP contribution in [0.15, 0.2) is 18.3 Å². The van der Waals surface area contributed by atoms with Crippen LogP contribution in [0.5, 0.6) is 0 Å². The SMILES string of the molecule is CCCC(CNC(=O)c1cccn1CCOC)C(=O)O. The molecule has 1 aromatic heterocycles. The van der Waals surface area contributed by atoms with Crippen molar-refractivity contribution in [3.8, 4) is 0 Å². The van der Waals surface area contributed by atoms with Gasteiger partial charge in [-0.1, -0.05) is 13.3 Å². The van der Waals surface area contributed by atoms with Crippen molar-refractivity contribution >= 4 is 11.9 Å². The van der Waals surface area contributed by atoms with E-state index in [2.05, 4.69) is 5.32 Å². The third kappa shape index (κ3) is 4.70. The molecule has 0 aromatic carbocycles. The number of nitrogens with zero attached hydrogens (tertiary/aromatic N) is 1. The molecular formula is C14H22N2O4. The lowest BCUT2D eigenvalue weighted by atomic mass is 10.0. The van der Waals surface area contributed by atoms with Gasteiger partial charge in [0.2, 0.25) is 0 Å². The van der Waals surface area contributed by atoms with Gasteiger partial charge in [0.15, 0.2) is 0 Å². The predicted octanol–water partition coefficient (Wildman–Crippen LogP) is 1.37. The van der Waals surface area contributed by atoms with Crippen LogP contribution >= 0.6 is 0 Å². The van der Waals surface area contributed by atoms with E-state index in [0.29, 0.717) is 25.3 Å². The molecule has 0 aliphatic rings. The number of hydrogen-bond donors (Lipinski definition) is 2. The average Bonchev–Trinajstić information content (AvgIpc) is 2.88. The van der Waals surface area contributed by atoms with Crippen molar-refractivity contribution in [3.63, 3.8) is 0 Å². The molecular weight excluding hydrogens is 260 g/mol. The first-order valence-corrected chi connectivity index (χ1v) is 6.75. The number of aromatic nitrogens is 1. The molecule has 0 fully saturated rings. The van der Waals surface area contributed by atoms with Gasteiger partial charge < -0.3 is 19.7 Å². The molecule has 0 bridgehead atoms. The number of hydrogen-bond acceptors (Lipinski definition) is 3. The van der Waals surface area contributed by atoms with E-state index >= 15 is 0 Å². The number of carbonyl (C=O) groups excluding carboxylic acids is 1. The van der Waals surface area contributed by atoms with E-state index in [1.807, 2.05) is 6.92 Å². The third-order valence-corrected chi connectivity index (χ3v) is 3.09. The summed E-state index contributed by atoms with van der Waals surface area (Å²) in [4.78, 5) is 23.1. The second-order valence-electron chi connectivity index (χ2n) is 4.61. The van der Waals surface area contributed by atoms with E-state index < -0.39 is 11.9 Å². The highest BCUT2D eigenvalue weighted by Gasteiger charge is 2.18. The van der Waals surface area contributed by atoms with Gasteiger partial charge in [-0.3, -0.25) is 9.59 Å². The van der Waals surface area contributed by atoms with Crippen LogP contribution in [0.25, 0.3) is 0 Å². The number of aliphatic carboxylic acids is 1. The molecule has 0 saturated carbocycles. The lowest BCUT2D eigenvalue weighted by molar-refractivity contribution is -0.141. The van der Waals surface area contributed by atoms with E-state index in [0.717, 1.165) is 6.42 Å². The van der Waals surface area contributed by atoms with Crippen molar-refractivity contribution in [2.45, 2.75) is 26.3 Å². The molecule has 1 heterocycles. The van der Waals surface area contributed by atoms with Crippen molar-refractivity contribution in [2.24, 2.45) is 5.92 Å². The van der Waals surface area contributed by atoms with Gasteiger partial charge in [-0.25, -0.2) is 0 Å². The number of nitrogens with one attached hydrogen (secondary N) is 1. The van der Waals surface area contributed by atoms with Gasteiger partial charge in [0.05, 0.1) is 12.5 Å². The van der Waals surface area contributed by atoms with Crippen molar-refractivity contribution in [1.82, 2.24) is 9.88 Å². The van der Waals surface area contributed by atoms with Gasteiger partial charge in [-0.05, 0) is 18.6 Å². The van der Waals surface area contributed by atoms with Crippen LogP contribution in [-0.4, -0.2) is 41.8 Å². The Morgan fingerprint density at radius 3 is 2.85 bits per heavy atom. The summed E-state index contributed by atoms with van der Waals surface area (Å²) >= 11 is 0. The van der Waals surface area contributed by atoms with Gasteiger partial charge >= 0.3 is 5.97 Å². The van der Waals surface area contributed by atoms with Crippen molar-refractivity contribution in [2.75, 3.05) is 20.3 Å². The molecule has 1 rings (SSSR count). The number of amides is 1. The van der Waals surface area contributed by atoms with E-state index in [1.165, 1.54) is 0 Å². The molecule has 1 amide bonds. The summed E-state index contributed by atoms with van der Waals surface area (Å²) in [5.41, 5.74) is 0.516. The summed E-state index contributed by atoms with van der Waals surface area (Å²) in [6.45, 7) is 3.18.